The number of hydrogen-bond donors (Lipinski definition) is 1. The van der Waals surface area contributed by atoms with Gasteiger partial charge in [-0.3, -0.25) is 0 Å². The molecule has 4 nitrogen and oxygen atoms in total. The molecule has 0 radical (unpaired) electrons. The molecule has 3 aromatic rings. The van der Waals surface area contributed by atoms with E-state index in [2.05, 4.69) is 11.1 Å². The smallest absolute Gasteiger partial charge is 0.216 e. The fourth-order valence-electron chi connectivity index (χ4n) is 2.79. The van der Waals surface area contributed by atoms with Crippen molar-refractivity contribution in [3.8, 4) is 0 Å². The zero-order valence-corrected chi connectivity index (χ0v) is 16.3. The number of nitrogens with zero attached hydrogens (tertiary/aromatic N) is 1. The highest BCUT2D eigenvalue weighted by Gasteiger charge is 2.24. The van der Waals surface area contributed by atoms with Crippen LogP contribution >= 0.6 is 23.1 Å². The maximum Gasteiger partial charge on any atom is 0.216 e. The zero-order valence-electron chi connectivity index (χ0n) is 13.9. The fraction of sp³-hybridized carbons (Fsp3) is 0.278. The third-order valence-corrected chi connectivity index (χ3v) is 7.59. The lowest BCUT2D eigenvalue weighted by molar-refractivity contribution is 0.575. The molecular weight excluding hydrogens is 372 g/mol. The van der Waals surface area contributed by atoms with Gasteiger partial charge in [0.15, 0.2) is 4.34 Å². The number of sulfonamides is 1. The highest BCUT2D eigenvalue weighted by Crippen LogP contribution is 2.32. The Hall–Kier alpha value is -1.41. The first kappa shape index (κ1) is 18.4. The van der Waals surface area contributed by atoms with E-state index in [9.17, 15) is 8.42 Å². The Morgan fingerprint density at radius 2 is 1.88 bits per heavy atom. The summed E-state index contributed by atoms with van der Waals surface area (Å²) in [7, 11) is -3.63. The van der Waals surface area contributed by atoms with Crippen LogP contribution in [0.2, 0.25) is 0 Å². The van der Waals surface area contributed by atoms with Gasteiger partial charge in [0.1, 0.15) is 5.25 Å². The van der Waals surface area contributed by atoms with E-state index in [0.29, 0.717) is 6.42 Å². The number of primary sulfonamides is 1. The molecule has 0 aliphatic carbocycles. The maximum absolute atomic E-state index is 12.0. The minimum absolute atomic E-state index is 0.515. The molecule has 3 rings (SSSR count). The molecule has 0 aliphatic heterocycles. The normalized spacial score (nSPS) is 13.2. The number of thioether (sulfide) groups is 1. The molecule has 0 fully saturated rings. The van der Waals surface area contributed by atoms with Crippen molar-refractivity contribution < 1.29 is 8.42 Å². The molecule has 2 aromatic carbocycles. The number of fused-ring (bicyclic) bond motifs is 1. The number of para-hydroxylation sites is 1. The van der Waals surface area contributed by atoms with Crippen LogP contribution in [0.4, 0.5) is 0 Å². The van der Waals surface area contributed by atoms with Crippen molar-refractivity contribution in [2.45, 2.75) is 29.4 Å². The van der Waals surface area contributed by atoms with Gasteiger partial charge in [0.2, 0.25) is 10.0 Å². The average molecular weight is 393 g/mol. The summed E-state index contributed by atoms with van der Waals surface area (Å²) in [5.74, 6) is 0.817. The second-order valence-electron chi connectivity index (χ2n) is 5.87. The van der Waals surface area contributed by atoms with Gasteiger partial charge in [0.25, 0.3) is 0 Å². The molecule has 0 saturated carbocycles. The van der Waals surface area contributed by atoms with E-state index < -0.39 is 15.3 Å². The molecule has 1 atom stereocenters. The monoisotopic (exact) mass is 392 g/mol. The van der Waals surface area contributed by atoms with Crippen LogP contribution in [0.15, 0.2) is 52.9 Å². The van der Waals surface area contributed by atoms with Gasteiger partial charge in [0.05, 0.1) is 10.2 Å². The highest BCUT2D eigenvalue weighted by molar-refractivity contribution is 8.01. The molecule has 1 unspecified atom stereocenters. The molecule has 1 heterocycles. The van der Waals surface area contributed by atoms with E-state index in [0.717, 1.165) is 33.2 Å². The van der Waals surface area contributed by atoms with Gasteiger partial charge in [-0.2, -0.15) is 0 Å². The Bertz CT molecular complexity index is 934. The zero-order chi connectivity index (χ0) is 17.9. The number of hydrogen-bond acceptors (Lipinski definition) is 5. The van der Waals surface area contributed by atoms with Crippen molar-refractivity contribution >= 4 is 43.3 Å². The predicted octanol–water partition coefficient (Wildman–Crippen LogP) is 4.51. The lowest BCUT2D eigenvalue weighted by Crippen LogP contribution is -2.22. The summed E-state index contributed by atoms with van der Waals surface area (Å²) in [5.41, 5.74) is 2.77. The van der Waals surface area contributed by atoms with Gasteiger partial charge in [-0.05, 0) is 43.0 Å². The Balaban J connectivity index is 1.63. The summed E-state index contributed by atoms with van der Waals surface area (Å²) < 4.78 is 26.2. The second-order valence-corrected chi connectivity index (χ2v) is 9.99. The number of aromatic nitrogens is 1. The van der Waals surface area contributed by atoms with Crippen LogP contribution in [0.1, 0.15) is 29.2 Å². The van der Waals surface area contributed by atoms with Crippen molar-refractivity contribution in [2.75, 3.05) is 5.75 Å². The summed E-state index contributed by atoms with van der Waals surface area (Å²) in [5, 5.41) is 4.83. The predicted molar refractivity (Wildman–Crippen MR) is 107 cm³/mol. The van der Waals surface area contributed by atoms with Crippen molar-refractivity contribution in [1.29, 1.82) is 0 Å². The number of nitrogens with two attached hydrogens (primary N) is 1. The summed E-state index contributed by atoms with van der Waals surface area (Å²) in [6.45, 7) is 1.92. The Labute approximate surface area is 156 Å². The average Bonchev–Trinajstić information content (AvgIpc) is 2.97. The third kappa shape index (κ3) is 4.61. The quantitative estimate of drug-likeness (QED) is 0.474. The van der Waals surface area contributed by atoms with Crippen LogP contribution in [0.5, 0.6) is 0 Å². The van der Waals surface area contributed by atoms with Gasteiger partial charge in [-0.1, -0.05) is 48.2 Å². The van der Waals surface area contributed by atoms with E-state index in [1.165, 1.54) is 4.70 Å². The van der Waals surface area contributed by atoms with Crippen molar-refractivity contribution in [2.24, 2.45) is 5.14 Å². The van der Waals surface area contributed by atoms with Gasteiger partial charge >= 0.3 is 0 Å². The van der Waals surface area contributed by atoms with Crippen LogP contribution in [0, 0.1) is 6.92 Å². The van der Waals surface area contributed by atoms with Crippen LogP contribution in [0.3, 0.4) is 0 Å². The molecule has 0 spiro atoms. The topological polar surface area (TPSA) is 73.0 Å². The molecular formula is C18H20N2O2S3. The maximum atomic E-state index is 12.0. The van der Waals surface area contributed by atoms with Crippen LogP contribution in [-0.4, -0.2) is 19.2 Å². The number of rotatable bonds is 7. The van der Waals surface area contributed by atoms with E-state index >= 15 is 0 Å². The minimum Gasteiger partial charge on any atom is -0.230 e. The molecule has 7 heteroatoms. The lowest BCUT2D eigenvalue weighted by atomic mass is 10.0. The number of aryl methyl sites for hydroxylation is 1. The van der Waals surface area contributed by atoms with E-state index in [4.69, 9.17) is 5.14 Å². The van der Waals surface area contributed by atoms with Crippen LogP contribution in [-0.2, 0) is 10.0 Å². The highest BCUT2D eigenvalue weighted by atomic mass is 32.2. The van der Waals surface area contributed by atoms with Gasteiger partial charge < -0.3 is 0 Å². The number of benzene rings is 2. The molecule has 0 amide bonds. The first-order valence-corrected chi connectivity index (χ1v) is 11.4. The van der Waals surface area contributed by atoms with Crippen molar-refractivity contribution in [3.63, 3.8) is 0 Å². The van der Waals surface area contributed by atoms with Gasteiger partial charge in [0, 0.05) is 5.75 Å². The molecule has 2 N–H and O–H groups in total. The molecule has 25 heavy (non-hydrogen) atoms. The summed E-state index contributed by atoms with van der Waals surface area (Å²) in [6.07, 6.45) is 1.28. The first-order valence-electron chi connectivity index (χ1n) is 8.00. The summed E-state index contributed by atoms with van der Waals surface area (Å²) in [4.78, 5) is 4.59. The van der Waals surface area contributed by atoms with Gasteiger partial charge in [-0.15, -0.1) is 11.3 Å². The van der Waals surface area contributed by atoms with Crippen molar-refractivity contribution in [3.05, 3.63) is 59.7 Å². The third-order valence-electron chi connectivity index (χ3n) is 4.04. The molecule has 0 bridgehead atoms. The fourth-order valence-corrected chi connectivity index (χ4v) is 6.00. The Morgan fingerprint density at radius 1 is 1.16 bits per heavy atom. The molecule has 0 saturated heterocycles. The molecule has 132 valence electrons. The largest absolute Gasteiger partial charge is 0.230 e. The lowest BCUT2D eigenvalue weighted by Gasteiger charge is -2.17. The van der Waals surface area contributed by atoms with Gasteiger partial charge in [-0.25, -0.2) is 18.5 Å². The van der Waals surface area contributed by atoms with E-state index in [-0.39, 0.29) is 0 Å². The SMILES string of the molecule is Cc1ccccc1C(CCCSc1nc2ccccc2s1)S(N)(=O)=O. The first-order chi connectivity index (χ1) is 11.9. The minimum atomic E-state index is -3.63. The van der Waals surface area contributed by atoms with Crippen LogP contribution in [0.25, 0.3) is 10.2 Å². The summed E-state index contributed by atoms with van der Waals surface area (Å²) in [6, 6.07) is 15.6. The Morgan fingerprint density at radius 3 is 2.60 bits per heavy atom. The molecule has 0 aliphatic rings. The standard InChI is InChI=1S/C18H20N2O2S3/c1-13-7-2-3-8-14(13)17(25(19,21)22)11-6-12-23-18-20-15-9-4-5-10-16(15)24-18/h2-5,7-10,17H,6,11-12H2,1H3,(H2,19,21,22). The van der Waals surface area contributed by atoms with Crippen molar-refractivity contribution in [1.82, 2.24) is 4.98 Å². The van der Waals surface area contributed by atoms with E-state index in [1.54, 1.807) is 23.1 Å². The van der Waals surface area contributed by atoms with Crippen LogP contribution < -0.4 is 5.14 Å². The Kier molecular flexibility index (Phi) is 5.78. The van der Waals surface area contributed by atoms with E-state index in [1.807, 2.05) is 49.4 Å². The second kappa shape index (κ2) is 7.86. The summed E-state index contributed by atoms with van der Waals surface area (Å²) >= 11 is 3.34. The molecule has 1 aromatic heterocycles. The number of thiazole rings is 1.